The van der Waals surface area contributed by atoms with Gasteiger partial charge in [-0.25, -0.2) is 0 Å². The fraction of sp³-hybridized carbons (Fsp3) is 0.440. The lowest BCUT2D eigenvalue weighted by atomic mass is 10.1. The lowest BCUT2D eigenvalue weighted by molar-refractivity contribution is 0.0972. The summed E-state index contributed by atoms with van der Waals surface area (Å²) in [6.45, 7) is 8.07. The number of para-hydroxylation sites is 1. The third-order valence-electron chi connectivity index (χ3n) is 4.75. The summed E-state index contributed by atoms with van der Waals surface area (Å²) in [7, 11) is 1.62. The molecule has 2 aromatic carbocycles. The van der Waals surface area contributed by atoms with Crippen LogP contribution in [-0.4, -0.2) is 31.3 Å². The number of unbranched alkanes of at least 4 members (excludes halogenated alkanes) is 1. The Labute approximate surface area is 196 Å². The Kier molecular flexibility index (Phi) is 10.8. The van der Waals surface area contributed by atoms with Gasteiger partial charge in [-0.1, -0.05) is 45.4 Å². The van der Waals surface area contributed by atoms with Gasteiger partial charge >= 0.3 is 0 Å². The van der Waals surface area contributed by atoms with E-state index in [1.165, 1.54) is 0 Å². The van der Waals surface area contributed by atoms with Crippen LogP contribution in [0.25, 0.3) is 0 Å². The van der Waals surface area contributed by atoms with Gasteiger partial charge in [-0.15, -0.1) is 0 Å². The summed E-state index contributed by atoms with van der Waals surface area (Å²) in [6.07, 6.45) is 2.94. The quantitative estimate of drug-likeness (QED) is 0.341. The number of nitrogens with one attached hydrogen (secondary N) is 2. The monoisotopic (exact) mass is 458 g/mol. The molecule has 0 saturated carbocycles. The summed E-state index contributed by atoms with van der Waals surface area (Å²) in [5.74, 6) is 2.21. The van der Waals surface area contributed by atoms with Gasteiger partial charge in [0.25, 0.3) is 5.91 Å². The summed E-state index contributed by atoms with van der Waals surface area (Å²) in [5, 5.41) is 6.03. The van der Waals surface area contributed by atoms with Crippen molar-refractivity contribution >= 4 is 23.2 Å². The summed E-state index contributed by atoms with van der Waals surface area (Å²) in [6, 6.07) is 12.9. The topological polar surface area (TPSA) is 68.8 Å². The van der Waals surface area contributed by atoms with Gasteiger partial charge in [0, 0.05) is 6.54 Å². The molecule has 2 rings (SSSR count). The smallest absolute Gasteiger partial charge is 0.261 e. The zero-order chi connectivity index (χ0) is 23.3. The molecule has 0 radical (unpaired) electrons. The largest absolute Gasteiger partial charge is 0.493 e. The normalized spacial score (nSPS) is 10.5. The molecule has 2 aromatic rings. The van der Waals surface area contributed by atoms with Gasteiger partial charge in [0.2, 0.25) is 0 Å². The van der Waals surface area contributed by atoms with Gasteiger partial charge in [0.05, 0.1) is 25.9 Å². The standard InChI is InChI=1S/C25H34N2O4S/c1-5-6-14-30-21-10-8-7-9-20(21)24(28)27-25(32)26-17-19-11-12-22(23(16-19)29-4)31-15-13-18(2)3/h7-12,16,18H,5-6,13-15,17H2,1-4H3,(H2,26,27,28,32). The van der Waals surface area contributed by atoms with Crippen LogP contribution in [0.3, 0.4) is 0 Å². The van der Waals surface area contributed by atoms with Gasteiger partial charge in [0.15, 0.2) is 16.6 Å². The number of amides is 1. The Hall–Kier alpha value is -2.80. The van der Waals surface area contributed by atoms with Crippen LogP contribution in [0.4, 0.5) is 0 Å². The summed E-state index contributed by atoms with van der Waals surface area (Å²) >= 11 is 5.31. The molecule has 0 unspecified atom stereocenters. The van der Waals surface area contributed by atoms with E-state index in [0.29, 0.717) is 48.5 Å². The molecule has 0 aliphatic carbocycles. The van der Waals surface area contributed by atoms with Crippen molar-refractivity contribution in [2.45, 2.75) is 46.6 Å². The summed E-state index contributed by atoms with van der Waals surface area (Å²) < 4.78 is 17.0. The van der Waals surface area contributed by atoms with Crippen LogP contribution >= 0.6 is 12.2 Å². The molecule has 7 heteroatoms. The molecule has 0 atom stereocenters. The number of carbonyl (C=O) groups is 1. The number of hydrogen-bond acceptors (Lipinski definition) is 5. The van der Waals surface area contributed by atoms with Crippen molar-refractivity contribution in [3.05, 3.63) is 53.6 Å². The Bertz CT molecular complexity index is 886. The van der Waals surface area contributed by atoms with Crippen LogP contribution < -0.4 is 24.8 Å². The van der Waals surface area contributed by atoms with Crippen molar-refractivity contribution in [1.82, 2.24) is 10.6 Å². The predicted molar refractivity (Wildman–Crippen MR) is 132 cm³/mol. The second kappa shape index (κ2) is 13.6. The number of carbonyl (C=O) groups excluding carboxylic acids is 1. The molecule has 32 heavy (non-hydrogen) atoms. The van der Waals surface area contributed by atoms with Gasteiger partial charge in [0.1, 0.15) is 5.75 Å². The van der Waals surface area contributed by atoms with E-state index >= 15 is 0 Å². The van der Waals surface area contributed by atoms with Crippen LogP contribution in [0.2, 0.25) is 0 Å². The highest BCUT2D eigenvalue weighted by Crippen LogP contribution is 2.28. The first-order valence-corrected chi connectivity index (χ1v) is 11.5. The van der Waals surface area contributed by atoms with Gasteiger partial charge < -0.3 is 19.5 Å². The maximum atomic E-state index is 12.7. The van der Waals surface area contributed by atoms with E-state index in [0.717, 1.165) is 24.8 Å². The average Bonchev–Trinajstić information content (AvgIpc) is 2.78. The highest BCUT2D eigenvalue weighted by Gasteiger charge is 2.14. The third kappa shape index (κ3) is 8.38. The Morgan fingerprint density at radius 2 is 1.78 bits per heavy atom. The minimum Gasteiger partial charge on any atom is -0.493 e. The third-order valence-corrected chi connectivity index (χ3v) is 4.99. The van der Waals surface area contributed by atoms with Crippen molar-refractivity contribution < 1.29 is 19.0 Å². The number of methoxy groups -OCH3 is 1. The number of thiocarbonyl (C=S) groups is 1. The molecule has 0 saturated heterocycles. The van der Waals surface area contributed by atoms with Crippen molar-refractivity contribution in [2.24, 2.45) is 5.92 Å². The van der Waals surface area contributed by atoms with E-state index in [2.05, 4.69) is 31.4 Å². The fourth-order valence-electron chi connectivity index (χ4n) is 2.85. The van der Waals surface area contributed by atoms with Gasteiger partial charge in [-0.2, -0.15) is 0 Å². The van der Waals surface area contributed by atoms with E-state index in [1.54, 1.807) is 25.3 Å². The Morgan fingerprint density at radius 3 is 2.50 bits per heavy atom. The van der Waals surface area contributed by atoms with Crippen LogP contribution in [0, 0.1) is 5.92 Å². The number of ether oxygens (including phenoxy) is 3. The zero-order valence-electron chi connectivity index (χ0n) is 19.4. The summed E-state index contributed by atoms with van der Waals surface area (Å²) in [5.41, 5.74) is 1.41. The number of hydrogen-bond donors (Lipinski definition) is 2. The number of rotatable bonds is 12. The molecule has 0 aromatic heterocycles. The lowest BCUT2D eigenvalue weighted by Crippen LogP contribution is -2.39. The maximum absolute atomic E-state index is 12.7. The molecule has 0 aliphatic rings. The van der Waals surface area contributed by atoms with Crippen LogP contribution in [-0.2, 0) is 6.54 Å². The van der Waals surface area contributed by atoms with Crippen molar-refractivity contribution in [3.63, 3.8) is 0 Å². The highest BCUT2D eigenvalue weighted by atomic mass is 32.1. The van der Waals surface area contributed by atoms with Crippen LogP contribution in [0.15, 0.2) is 42.5 Å². The van der Waals surface area contributed by atoms with Gasteiger partial charge in [-0.3, -0.25) is 10.1 Å². The van der Waals surface area contributed by atoms with Crippen LogP contribution in [0.5, 0.6) is 17.2 Å². The second-order valence-corrected chi connectivity index (χ2v) is 8.26. The first kappa shape index (κ1) is 25.5. The minimum atomic E-state index is -0.305. The lowest BCUT2D eigenvalue weighted by Gasteiger charge is -2.15. The molecule has 2 N–H and O–H groups in total. The molecule has 0 spiro atoms. The van der Waals surface area contributed by atoms with E-state index in [9.17, 15) is 4.79 Å². The maximum Gasteiger partial charge on any atom is 0.261 e. The van der Waals surface area contributed by atoms with Crippen LogP contribution in [0.1, 0.15) is 56.0 Å². The molecule has 0 aliphatic heterocycles. The SMILES string of the molecule is CCCCOc1ccccc1C(=O)NC(=S)NCc1ccc(OCCC(C)C)c(OC)c1. The van der Waals surface area contributed by atoms with E-state index < -0.39 is 0 Å². The molecule has 0 fully saturated rings. The van der Waals surface area contributed by atoms with Crippen molar-refractivity contribution in [2.75, 3.05) is 20.3 Å². The summed E-state index contributed by atoms with van der Waals surface area (Å²) in [4.78, 5) is 12.7. The Balaban J connectivity index is 1.90. The zero-order valence-corrected chi connectivity index (χ0v) is 20.2. The molecule has 174 valence electrons. The van der Waals surface area contributed by atoms with Crippen molar-refractivity contribution in [1.29, 1.82) is 0 Å². The number of benzene rings is 2. The van der Waals surface area contributed by atoms with Gasteiger partial charge in [-0.05, 0) is 60.8 Å². The van der Waals surface area contributed by atoms with E-state index in [4.69, 9.17) is 26.4 Å². The van der Waals surface area contributed by atoms with E-state index in [-0.39, 0.29) is 11.0 Å². The fourth-order valence-corrected chi connectivity index (χ4v) is 3.01. The molecule has 0 heterocycles. The van der Waals surface area contributed by atoms with E-state index in [1.807, 2.05) is 24.3 Å². The molecule has 1 amide bonds. The minimum absolute atomic E-state index is 0.245. The Morgan fingerprint density at radius 1 is 1.03 bits per heavy atom. The van der Waals surface area contributed by atoms with Crippen molar-refractivity contribution in [3.8, 4) is 17.2 Å². The first-order valence-electron chi connectivity index (χ1n) is 11.0. The average molecular weight is 459 g/mol. The molecule has 0 bridgehead atoms. The highest BCUT2D eigenvalue weighted by molar-refractivity contribution is 7.80. The molecule has 6 nitrogen and oxygen atoms in total. The first-order chi connectivity index (χ1) is 15.4. The predicted octanol–water partition coefficient (Wildman–Crippen LogP) is 5.10. The molecular weight excluding hydrogens is 424 g/mol. The second-order valence-electron chi connectivity index (χ2n) is 7.85. The molecular formula is C25H34N2O4S.